The number of carbonyl (C=O) groups is 3. The van der Waals surface area contributed by atoms with Gasteiger partial charge in [0.25, 0.3) is 5.91 Å². The van der Waals surface area contributed by atoms with Crippen molar-refractivity contribution in [1.82, 2.24) is 15.6 Å². The lowest BCUT2D eigenvalue weighted by Gasteiger charge is -2.17. The summed E-state index contributed by atoms with van der Waals surface area (Å²) < 4.78 is 0.647. The number of nitrogens with zero attached hydrogens (tertiary/aromatic N) is 2. The fourth-order valence-corrected chi connectivity index (χ4v) is 2.80. The van der Waals surface area contributed by atoms with Crippen molar-refractivity contribution in [3.63, 3.8) is 0 Å². The maximum Gasteiger partial charge on any atom is 0.305 e. The lowest BCUT2D eigenvalue weighted by atomic mass is 10.1. The van der Waals surface area contributed by atoms with Gasteiger partial charge in [-0.2, -0.15) is 0 Å². The van der Waals surface area contributed by atoms with Crippen molar-refractivity contribution in [3.8, 4) is 0 Å². The highest BCUT2D eigenvalue weighted by molar-refractivity contribution is 9.10. The molecule has 2 amide bonds. The molecule has 1 atom stereocenters. The summed E-state index contributed by atoms with van der Waals surface area (Å²) in [6.07, 6.45) is 2.67. The number of nitrogens with two attached hydrogens (primary N) is 2. The second kappa shape index (κ2) is 10.2. The number of aliphatic carboxylic acids is 1. The number of carboxylic acids is 1. The van der Waals surface area contributed by atoms with Crippen LogP contribution in [0.1, 0.15) is 28.4 Å². The molecule has 2 rings (SSSR count). The molecule has 1 unspecified atom stereocenters. The van der Waals surface area contributed by atoms with Crippen molar-refractivity contribution in [1.29, 1.82) is 0 Å². The number of aromatic nitrogens is 1. The lowest BCUT2D eigenvalue weighted by molar-refractivity contribution is -0.137. The zero-order valence-corrected chi connectivity index (χ0v) is 16.7. The molecule has 0 bridgehead atoms. The molecule has 0 aliphatic rings. The molecule has 7 N–H and O–H groups in total. The van der Waals surface area contributed by atoms with Gasteiger partial charge in [0.2, 0.25) is 5.91 Å². The van der Waals surface area contributed by atoms with Crippen LogP contribution in [0.4, 0.5) is 5.69 Å². The minimum absolute atomic E-state index is 0.145. The number of halogens is 1. The Balaban J connectivity index is 2.00. The van der Waals surface area contributed by atoms with Crippen LogP contribution < -0.4 is 22.1 Å². The highest BCUT2D eigenvalue weighted by Gasteiger charge is 2.19. The first-order valence-corrected chi connectivity index (χ1v) is 9.13. The summed E-state index contributed by atoms with van der Waals surface area (Å²) in [6.45, 7) is -0.344. The van der Waals surface area contributed by atoms with Crippen LogP contribution in [0.3, 0.4) is 0 Å². The lowest BCUT2D eigenvalue weighted by Crippen LogP contribution is -2.39. The quantitative estimate of drug-likeness (QED) is 0.285. The Morgan fingerprint density at radius 1 is 1.21 bits per heavy atom. The van der Waals surface area contributed by atoms with Gasteiger partial charge in [-0.15, -0.1) is 0 Å². The van der Waals surface area contributed by atoms with Crippen LogP contribution in [0.15, 0.2) is 52.2 Å². The number of aliphatic imine (C=N–C) groups is 1. The molecule has 152 valence electrons. The van der Waals surface area contributed by atoms with Gasteiger partial charge in [-0.25, -0.2) is 4.99 Å². The SMILES string of the molecule is NC(N)=Nc1cccc(C(=O)NCC(=O)NC(CC(=O)O)c2cncc(Br)c2)c1. The predicted octanol–water partition coefficient (Wildman–Crippen LogP) is 0.811. The van der Waals surface area contributed by atoms with Gasteiger partial charge in [0, 0.05) is 22.4 Å². The number of hydrogen-bond acceptors (Lipinski definition) is 5. The maximum absolute atomic E-state index is 12.3. The van der Waals surface area contributed by atoms with Crippen molar-refractivity contribution in [2.24, 2.45) is 16.5 Å². The van der Waals surface area contributed by atoms with E-state index in [1.54, 1.807) is 30.5 Å². The van der Waals surface area contributed by atoms with Crippen molar-refractivity contribution < 1.29 is 19.5 Å². The normalized spacial score (nSPS) is 11.2. The minimum Gasteiger partial charge on any atom is -0.481 e. The number of hydrogen-bond donors (Lipinski definition) is 5. The van der Waals surface area contributed by atoms with Crippen molar-refractivity contribution >= 4 is 45.4 Å². The summed E-state index contributed by atoms with van der Waals surface area (Å²) in [5.41, 5.74) is 11.8. The summed E-state index contributed by atoms with van der Waals surface area (Å²) in [7, 11) is 0. The molecule has 1 aromatic carbocycles. The Morgan fingerprint density at radius 2 is 1.97 bits per heavy atom. The number of carboxylic acid groups (broad SMARTS) is 1. The number of carbonyl (C=O) groups excluding carboxylic acids is 2. The van der Waals surface area contributed by atoms with Gasteiger partial charge in [0.15, 0.2) is 5.96 Å². The van der Waals surface area contributed by atoms with E-state index in [4.69, 9.17) is 16.6 Å². The summed E-state index contributed by atoms with van der Waals surface area (Å²) in [4.78, 5) is 43.4. The molecule has 1 heterocycles. The van der Waals surface area contributed by atoms with Gasteiger partial charge in [0.1, 0.15) is 0 Å². The van der Waals surface area contributed by atoms with Crippen molar-refractivity contribution in [2.45, 2.75) is 12.5 Å². The molecule has 1 aromatic heterocycles. The van der Waals surface area contributed by atoms with E-state index in [0.29, 0.717) is 15.7 Å². The molecule has 10 nitrogen and oxygen atoms in total. The maximum atomic E-state index is 12.3. The molecule has 0 saturated carbocycles. The van der Waals surface area contributed by atoms with E-state index in [2.05, 4.69) is 36.5 Å². The first kappa shape index (κ1) is 21.8. The van der Waals surface area contributed by atoms with E-state index in [1.807, 2.05) is 0 Å². The van der Waals surface area contributed by atoms with E-state index < -0.39 is 23.8 Å². The van der Waals surface area contributed by atoms with Crippen LogP contribution in [-0.2, 0) is 9.59 Å². The molecular formula is C18H19BrN6O4. The van der Waals surface area contributed by atoms with Gasteiger partial charge in [-0.1, -0.05) is 6.07 Å². The molecule has 0 aliphatic heterocycles. The van der Waals surface area contributed by atoms with E-state index >= 15 is 0 Å². The van der Waals surface area contributed by atoms with Crippen LogP contribution in [0.5, 0.6) is 0 Å². The molecular weight excluding hydrogens is 444 g/mol. The molecule has 29 heavy (non-hydrogen) atoms. The number of guanidine groups is 1. The number of rotatable bonds is 8. The number of pyridine rings is 1. The standard InChI is InChI=1S/C18H19BrN6O4/c19-12-4-11(7-22-8-12)14(6-16(27)28)25-15(26)9-23-17(29)10-2-1-3-13(5-10)24-18(20)21/h1-5,7-8,14H,6,9H2,(H,23,29)(H,25,26)(H,27,28)(H4,20,21,24). The average molecular weight is 463 g/mol. The molecule has 0 spiro atoms. The summed E-state index contributed by atoms with van der Waals surface area (Å²) in [5.74, 6) is -2.29. The molecule has 0 saturated heterocycles. The van der Waals surface area contributed by atoms with E-state index in [9.17, 15) is 14.4 Å². The van der Waals surface area contributed by atoms with Crippen molar-refractivity contribution in [3.05, 3.63) is 58.3 Å². The van der Waals surface area contributed by atoms with Crippen molar-refractivity contribution in [2.75, 3.05) is 6.54 Å². The minimum atomic E-state index is -1.09. The Labute approximate surface area is 174 Å². The first-order valence-electron chi connectivity index (χ1n) is 8.34. The largest absolute Gasteiger partial charge is 0.481 e. The fourth-order valence-electron chi connectivity index (χ4n) is 2.42. The topological polar surface area (TPSA) is 173 Å². The van der Waals surface area contributed by atoms with Gasteiger partial charge >= 0.3 is 5.97 Å². The summed E-state index contributed by atoms with van der Waals surface area (Å²) in [6, 6.07) is 7.08. The van der Waals surface area contributed by atoms with Crippen LogP contribution in [0.2, 0.25) is 0 Å². The van der Waals surface area contributed by atoms with Gasteiger partial charge < -0.3 is 27.2 Å². The van der Waals surface area contributed by atoms with E-state index in [0.717, 1.165) is 0 Å². The van der Waals surface area contributed by atoms with Crippen LogP contribution >= 0.6 is 15.9 Å². The zero-order chi connectivity index (χ0) is 21.4. The Bertz CT molecular complexity index is 945. The third-order valence-corrected chi connectivity index (χ3v) is 4.05. The average Bonchev–Trinajstić information content (AvgIpc) is 2.65. The second-order valence-corrected chi connectivity index (χ2v) is 6.84. The van der Waals surface area contributed by atoms with Crippen LogP contribution in [0, 0.1) is 0 Å². The van der Waals surface area contributed by atoms with E-state index in [-0.39, 0.29) is 24.5 Å². The zero-order valence-electron chi connectivity index (χ0n) is 15.1. The van der Waals surface area contributed by atoms with Gasteiger partial charge in [-0.3, -0.25) is 19.4 Å². The molecule has 0 fully saturated rings. The van der Waals surface area contributed by atoms with Gasteiger partial charge in [-0.05, 0) is 45.8 Å². The second-order valence-electron chi connectivity index (χ2n) is 5.92. The molecule has 11 heteroatoms. The highest BCUT2D eigenvalue weighted by atomic mass is 79.9. The highest BCUT2D eigenvalue weighted by Crippen LogP contribution is 2.19. The third kappa shape index (κ3) is 7.22. The monoisotopic (exact) mass is 462 g/mol. The summed E-state index contributed by atoms with van der Waals surface area (Å²) >= 11 is 3.25. The third-order valence-electron chi connectivity index (χ3n) is 3.62. The summed E-state index contributed by atoms with van der Waals surface area (Å²) in [5, 5.41) is 14.2. The number of benzene rings is 1. The molecule has 0 radical (unpaired) electrons. The predicted molar refractivity (Wildman–Crippen MR) is 109 cm³/mol. The fraction of sp³-hybridized carbons (Fsp3) is 0.167. The van der Waals surface area contributed by atoms with E-state index in [1.165, 1.54) is 12.3 Å². The van der Waals surface area contributed by atoms with Gasteiger partial charge in [0.05, 0.1) is 24.7 Å². The van der Waals surface area contributed by atoms with Crippen LogP contribution in [-0.4, -0.2) is 40.4 Å². The number of amides is 2. The van der Waals surface area contributed by atoms with Crippen LogP contribution in [0.25, 0.3) is 0 Å². The first-order chi connectivity index (χ1) is 13.7. The number of nitrogens with one attached hydrogen (secondary N) is 2. The smallest absolute Gasteiger partial charge is 0.305 e. The molecule has 2 aromatic rings. The Hall–Kier alpha value is -3.47. The Kier molecular flexibility index (Phi) is 7.66. The molecule has 0 aliphatic carbocycles. The Morgan fingerprint density at radius 3 is 2.62 bits per heavy atom.